The van der Waals surface area contributed by atoms with Crippen molar-refractivity contribution in [3.63, 3.8) is 0 Å². The van der Waals surface area contributed by atoms with Crippen LogP contribution in [0.4, 0.5) is 0 Å². The molecule has 0 unspecified atom stereocenters. The highest BCUT2D eigenvalue weighted by Gasteiger charge is 2.38. The van der Waals surface area contributed by atoms with Crippen molar-refractivity contribution < 1.29 is 24.6 Å². The maximum absolute atomic E-state index is 13.1. The van der Waals surface area contributed by atoms with Gasteiger partial charge >= 0.3 is 5.97 Å². The molecule has 0 aliphatic carbocycles. The molecule has 28 heavy (non-hydrogen) atoms. The maximum Gasteiger partial charge on any atom is 0.326 e. The van der Waals surface area contributed by atoms with Crippen LogP contribution in [0.15, 0.2) is 24.3 Å². The summed E-state index contributed by atoms with van der Waals surface area (Å²) in [6.45, 7) is 4.13. The van der Waals surface area contributed by atoms with Gasteiger partial charge in [0.2, 0.25) is 11.8 Å². The van der Waals surface area contributed by atoms with Crippen LogP contribution in [0.2, 0.25) is 0 Å². The Morgan fingerprint density at radius 1 is 1.29 bits per heavy atom. The highest BCUT2D eigenvalue weighted by Crippen LogP contribution is 2.20. The fourth-order valence-electron chi connectivity index (χ4n) is 3.34. The number of nitrogens with one attached hydrogen (secondary N) is 1. The third-order valence-corrected chi connectivity index (χ3v) is 5.37. The molecule has 2 rings (SSSR count). The Labute approximate surface area is 164 Å². The van der Waals surface area contributed by atoms with Crippen LogP contribution >= 0.6 is 0 Å². The standard InChI is InChI=1S/C20H29N3O5/c1-3-12(2)17(21)18(25)22-15(11-13-6-8-14(24)9-7-13)19(26)23-10-4-5-16(23)20(27)28/h6-9,12,15-17,24H,3-5,10-11,21H2,1-2H3,(H,22,25)(H,27,28)/t12-,15-,16+,17-/m0/s1. The van der Waals surface area contributed by atoms with E-state index < -0.39 is 35.9 Å². The van der Waals surface area contributed by atoms with Gasteiger partial charge in [0.25, 0.3) is 0 Å². The third-order valence-electron chi connectivity index (χ3n) is 5.37. The summed E-state index contributed by atoms with van der Waals surface area (Å²) in [5.41, 5.74) is 6.73. The lowest BCUT2D eigenvalue weighted by Gasteiger charge is -2.29. The van der Waals surface area contributed by atoms with E-state index >= 15 is 0 Å². The number of aliphatic carboxylic acids is 1. The number of carbonyl (C=O) groups excluding carboxylic acids is 2. The molecule has 1 aromatic carbocycles. The molecule has 1 saturated heterocycles. The summed E-state index contributed by atoms with van der Waals surface area (Å²) in [5, 5.41) is 21.5. The topological polar surface area (TPSA) is 133 Å². The first-order valence-electron chi connectivity index (χ1n) is 9.61. The molecule has 0 bridgehead atoms. The summed E-state index contributed by atoms with van der Waals surface area (Å²) >= 11 is 0. The SMILES string of the molecule is CC[C@H](C)[C@H](N)C(=O)N[C@@H](Cc1ccc(O)cc1)C(=O)N1CCC[C@@H]1C(=O)O. The Morgan fingerprint density at radius 3 is 2.50 bits per heavy atom. The largest absolute Gasteiger partial charge is 0.508 e. The number of carboxylic acids is 1. The summed E-state index contributed by atoms with van der Waals surface area (Å²) in [7, 11) is 0. The van der Waals surface area contributed by atoms with Gasteiger partial charge in [-0.25, -0.2) is 4.79 Å². The van der Waals surface area contributed by atoms with E-state index in [2.05, 4.69) is 5.32 Å². The molecule has 0 radical (unpaired) electrons. The van der Waals surface area contributed by atoms with Crippen molar-refractivity contribution in [2.24, 2.45) is 11.7 Å². The molecule has 8 nitrogen and oxygen atoms in total. The number of carbonyl (C=O) groups is 3. The average molecular weight is 391 g/mol. The molecular weight excluding hydrogens is 362 g/mol. The summed E-state index contributed by atoms with van der Waals surface area (Å²) in [5.74, 6) is -1.86. The molecule has 154 valence electrons. The van der Waals surface area contributed by atoms with Crippen molar-refractivity contribution in [3.05, 3.63) is 29.8 Å². The number of hydrogen-bond donors (Lipinski definition) is 4. The molecule has 8 heteroatoms. The van der Waals surface area contributed by atoms with E-state index in [1.807, 2.05) is 13.8 Å². The normalized spacial score (nSPS) is 19.7. The molecule has 5 N–H and O–H groups in total. The quantitative estimate of drug-likeness (QED) is 0.520. The number of nitrogens with two attached hydrogens (primary N) is 1. The highest BCUT2D eigenvalue weighted by molar-refractivity contribution is 5.92. The lowest BCUT2D eigenvalue weighted by Crippen LogP contribution is -2.56. The van der Waals surface area contributed by atoms with E-state index in [1.165, 1.54) is 17.0 Å². The summed E-state index contributed by atoms with van der Waals surface area (Å²) in [6, 6.07) is 3.76. The number of hydrogen-bond acceptors (Lipinski definition) is 5. The molecule has 2 amide bonds. The van der Waals surface area contributed by atoms with Gasteiger partial charge in [0.05, 0.1) is 6.04 Å². The first-order valence-corrected chi connectivity index (χ1v) is 9.61. The molecule has 0 spiro atoms. The van der Waals surface area contributed by atoms with Crippen LogP contribution in [0, 0.1) is 5.92 Å². The minimum atomic E-state index is -1.04. The first-order chi connectivity index (χ1) is 13.2. The number of benzene rings is 1. The van der Waals surface area contributed by atoms with Crippen molar-refractivity contribution in [1.29, 1.82) is 0 Å². The van der Waals surface area contributed by atoms with Gasteiger partial charge in [0.1, 0.15) is 17.8 Å². The number of nitrogens with zero attached hydrogens (tertiary/aromatic N) is 1. The van der Waals surface area contributed by atoms with Crippen LogP contribution in [-0.4, -0.2) is 57.6 Å². The molecule has 1 heterocycles. The van der Waals surface area contributed by atoms with Crippen molar-refractivity contribution in [2.75, 3.05) is 6.54 Å². The van der Waals surface area contributed by atoms with Crippen molar-refractivity contribution in [2.45, 2.75) is 57.7 Å². The van der Waals surface area contributed by atoms with Gasteiger partial charge in [-0.3, -0.25) is 9.59 Å². The fraction of sp³-hybridized carbons (Fsp3) is 0.550. The molecule has 1 fully saturated rings. The number of aromatic hydroxyl groups is 1. The zero-order valence-electron chi connectivity index (χ0n) is 16.3. The van der Waals surface area contributed by atoms with Crippen LogP contribution in [0.5, 0.6) is 5.75 Å². The molecule has 0 aromatic heterocycles. The number of carboxylic acid groups (broad SMARTS) is 1. The van der Waals surface area contributed by atoms with E-state index in [4.69, 9.17) is 5.73 Å². The maximum atomic E-state index is 13.1. The van der Waals surface area contributed by atoms with Crippen LogP contribution in [0.3, 0.4) is 0 Å². The predicted molar refractivity (Wildman–Crippen MR) is 104 cm³/mol. The minimum absolute atomic E-state index is 0.0528. The van der Waals surface area contributed by atoms with E-state index in [-0.39, 0.29) is 18.1 Å². The lowest BCUT2D eigenvalue weighted by atomic mass is 9.98. The van der Waals surface area contributed by atoms with Crippen molar-refractivity contribution >= 4 is 17.8 Å². The minimum Gasteiger partial charge on any atom is -0.508 e. The fourth-order valence-corrected chi connectivity index (χ4v) is 3.34. The number of rotatable bonds is 8. The summed E-state index contributed by atoms with van der Waals surface area (Å²) in [6.07, 6.45) is 1.90. The van der Waals surface area contributed by atoms with E-state index in [0.29, 0.717) is 19.4 Å². The van der Waals surface area contributed by atoms with Gasteiger partial charge in [-0.15, -0.1) is 0 Å². The Kier molecular flexibility index (Phi) is 7.39. The van der Waals surface area contributed by atoms with Gasteiger partial charge in [0.15, 0.2) is 0 Å². The second-order valence-corrected chi connectivity index (χ2v) is 7.37. The van der Waals surface area contributed by atoms with Crippen LogP contribution in [-0.2, 0) is 20.8 Å². The first kappa shape index (κ1) is 21.7. The Balaban J connectivity index is 2.22. The number of phenolic OH excluding ortho intramolecular Hbond substituents is 1. The van der Waals surface area contributed by atoms with Crippen LogP contribution in [0.25, 0.3) is 0 Å². The van der Waals surface area contributed by atoms with Crippen molar-refractivity contribution in [1.82, 2.24) is 10.2 Å². The smallest absolute Gasteiger partial charge is 0.326 e. The second-order valence-electron chi connectivity index (χ2n) is 7.37. The molecule has 4 atom stereocenters. The van der Waals surface area contributed by atoms with E-state index in [0.717, 1.165) is 12.0 Å². The predicted octanol–water partition coefficient (Wildman–Crippen LogP) is 0.869. The monoisotopic (exact) mass is 391 g/mol. The van der Waals surface area contributed by atoms with Crippen LogP contribution < -0.4 is 11.1 Å². The average Bonchev–Trinajstić information content (AvgIpc) is 3.17. The molecule has 0 saturated carbocycles. The summed E-state index contributed by atoms with van der Waals surface area (Å²) < 4.78 is 0. The van der Waals surface area contributed by atoms with Gasteiger partial charge in [-0.2, -0.15) is 0 Å². The third kappa shape index (κ3) is 5.22. The van der Waals surface area contributed by atoms with Gasteiger partial charge in [0, 0.05) is 13.0 Å². The number of amides is 2. The number of likely N-dealkylation sites (tertiary alicyclic amines) is 1. The lowest BCUT2D eigenvalue weighted by molar-refractivity contribution is -0.149. The van der Waals surface area contributed by atoms with Crippen molar-refractivity contribution in [3.8, 4) is 5.75 Å². The van der Waals surface area contributed by atoms with E-state index in [9.17, 15) is 24.6 Å². The second kappa shape index (κ2) is 9.54. The number of phenols is 1. The van der Waals surface area contributed by atoms with Gasteiger partial charge in [-0.05, 0) is 36.5 Å². The zero-order chi connectivity index (χ0) is 20.8. The molecule has 1 aliphatic rings. The van der Waals surface area contributed by atoms with Gasteiger partial charge < -0.3 is 26.2 Å². The molecule has 1 aromatic rings. The Morgan fingerprint density at radius 2 is 1.93 bits per heavy atom. The highest BCUT2D eigenvalue weighted by atomic mass is 16.4. The molecular formula is C20H29N3O5. The van der Waals surface area contributed by atoms with Gasteiger partial charge in [-0.1, -0.05) is 32.4 Å². The van der Waals surface area contributed by atoms with E-state index in [1.54, 1.807) is 12.1 Å². The molecule has 1 aliphatic heterocycles. The Bertz CT molecular complexity index is 706. The Hall–Kier alpha value is -2.61. The zero-order valence-corrected chi connectivity index (χ0v) is 16.3. The van der Waals surface area contributed by atoms with Crippen LogP contribution in [0.1, 0.15) is 38.7 Å². The summed E-state index contributed by atoms with van der Waals surface area (Å²) in [4.78, 5) is 38.4.